The van der Waals surface area contributed by atoms with Gasteiger partial charge in [-0.25, -0.2) is 4.98 Å². The molecule has 3 heteroatoms. The standard InChI is InChI=1S/C14H25N3/c1-5-6-7-17(4)14-9-12(10-15)8-13(16-14)11(2)3/h8-9,11H,5-7,10,15H2,1-4H3. The van der Waals surface area contributed by atoms with E-state index in [1.165, 1.54) is 18.4 Å². The summed E-state index contributed by atoms with van der Waals surface area (Å²) in [4.78, 5) is 6.92. The van der Waals surface area contributed by atoms with Gasteiger partial charge in [-0.3, -0.25) is 0 Å². The van der Waals surface area contributed by atoms with Crippen molar-refractivity contribution in [2.45, 2.75) is 46.1 Å². The molecule has 0 radical (unpaired) electrons. The minimum Gasteiger partial charge on any atom is -0.360 e. The first kappa shape index (κ1) is 14.0. The summed E-state index contributed by atoms with van der Waals surface area (Å²) in [6.07, 6.45) is 2.40. The van der Waals surface area contributed by atoms with E-state index < -0.39 is 0 Å². The van der Waals surface area contributed by atoms with Crippen LogP contribution in [0.2, 0.25) is 0 Å². The van der Waals surface area contributed by atoms with E-state index in [0.29, 0.717) is 12.5 Å². The molecular formula is C14H25N3. The molecule has 1 heterocycles. The highest BCUT2D eigenvalue weighted by atomic mass is 15.2. The normalized spacial score (nSPS) is 10.9. The summed E-state index contributed by atoms with van der Waals surface area (Å²) >= 11 is 0. The summed E-state index contributed by atoms with van der Waals surface area (Å²) in [5.41, 5.74) is 8.04. The number of nitrogens with zero attached hydrogens (tertiary/aromatic N) is 2. The Bertz CT molecular complexity index is 347. The van der Waals surface area contributed by atoms with Crippen LogP contribution >= 0.6 is 0 Å². The Morgan fingerprint density at radius 3 is 2.59 bits per heavy atom. The van der Waals surface area contributed by atoms with Gasteiger partial charge in [0, 0.05) is 25.8 Å². The van der Waals surface area contributed by atoms with Crippen molar-refractivity contribution >= 4 is 5.82 Å². The predicted octanol–water partition coefficient (Wildman–Crippen LogP) is 2.90. The van der Waals surface area contributed by atoms with Gasteiger partial charge in [-0.15, -0.1) is 0 Å². The van der Waals surface area contributed by atoms with Crippen LogP contribution in [0.5, 0.6) is 0 Å². The zero-order chi connectivity index (χ0) is 12.8. The SMILES string of the molecule is CCCCN(C)c1cc(CN)cc(C(C)C)n1. The van der Waals surface area contributed by atoms with Crippen LogP contribution in [0.4, 0.5) is 5.82 Å². The Balaban J connectivity index is 2.93. The molecule has 96 valence electrons. The van der Waals surface area contributed by atoms with Crippen LogP contribution in [0.25, 0.3) is 0 Å². The monoisotopic (exact) mass is 235 g/mol. The van der Waals surface area contributed by atoms with Crippen LogP contribution in [0.1, 0.15) is 50.8 Å². The first-order valence-electron chi connectivity index (χ1n) is 6.50. The first-order chi connectivity index (χ1) is 8.08. The van der Waals surface area contributed by atoms with E-state index in [2.05, 4.69) is 44.9 Å². The lowest BCUT2D eigenvalue weighted by molar-refractivity contribution is 0.748. The second-order valence-electron chi connectivity index (χ2n) is 4.89. The number of anilines is 1. The second kappa shape index (κ2) is 6.60. The summed E-state index contributed by atoms with van der Waals surface area (Å²) < 4.78 is 0. The molecule has 17 heavy (non-hydrogen) atoms. The van der Waals surface area contributed by atoms with Crippen LogP contribution in [0.3, 0.4) is 0 Å². The maximum atomic E-state index is 5.74. The lowest BCUT2D eigenvalue weighted by atomic mass is 10.1. The number of hydrogen-bond donors (Lipinski definition) is 1. The Labute approximate surface area is 105 Å². The number of pyridine rings is 1. The van der Waals surface area contributed by atoms with Gasteiger partial charge in [0.15, 0.2) is 0 Å². The van der Waals surface area contributed by atoms with E-state index in [4.69, 9.17) is 10.7 Å². The average Bonchev–Trinajstić information content (AvgIpc) is 2.35. The molecule has 1 aromatic heterocycles. The fraction of sp³-hybridized carbons (Fsp3) is 0.643. The van der Waals surface area contributed by atoms with E-state index in [-0.39, 0.29) is 0 Å². The fourth-order valence-corrected chi connectivity index (χ4v) is 1.71. The molecule has 0 saturated carbocycles. The van der Waals surface area contributed by atoms with Crippen LogP contribution < -0.4 is 10.6 Å². The largest absolute Gasteiger partial charge is 0.360 e. The highest BCUT2D eigenvalue weighted by molar-refractivity contribution is 5.42. The number of hydrogen-bond acceptors (Lipinski definition) is 3. The molecule has 1 aromatic rings. The van der Waals surface area contributed by atoms with E-state index >= 15 is 0 Å². The molecule has 0 atom stereocenters. The minimum absolute atomic E-state index is 0.444. The predicted molar refractivity (Wildman–Crippen MR) is 74.4 cm³/mol. The number of unbranched alkanes of at least 4 members (excludes halogenated alkanes) is 1. The zero-order valence-electron chi connectivity index (χ0n) is 11.5. The van der Waals surface area contributed by atoms with Gasteiger partial charge in [0.2, 0.25) is 0 Å². The van der Waals surface area contributed by atoms with E-state index in [1.807, 2.05) is 0 Å². The van der Waals surface area contributed by atoms with Gasteiger partial charge >= 0.3 is 0 Å². The number of rotatable bonds is 6. The molecular weight excluding hydrogens is 210 g/mol. The van der Waals surface area contributed by atoms with E-state index in [0.717, 1.165) is 18.1 Å². The van der Waals surface area contributed by atoms with Gasteiger partial charge in [-0.1, -0.05) is 27.2 Å². The summed E-state index contributed by atoms with van der Waals surface area (Å²) in [6, 6.07) is 4.21. The van der Waals surface area contributed by atoms with Gasteiger partial charge in [0.25, 0.3) is 0 Å². The maximum absolute atomic E-state index is 5.74. The number of nitrogens with two attached hydrogens (primary N) is 1. The fourth-order valence-electron chi connectivity index (χ4n) is 1.71. The van der Waals surface area contributed by atoms with Crippen LogP contribution in [0, 0.1) is 0 Å². The van der Waals surface area contributed by atoms with Crippen molar-refractivity contribution < 1.29 is 0 Å². The van der Waals surface area contributed by atoms with Crippen molar-refractivity contribution in [1.82, 2.24) is 4.98 Å². The van der Waals surface area contributed by atoms with Crippen molar-refractivity contribution in [3.63, 3.8) is 0 Å². The molecule has 0 aliphatic heterocycles. The molecule has 0 bridgehead atoms. The van der Waals surface area contributed by atoms with Crippen LogP contribution in [0.15, 0.2) is 12.1 Å². The van der Waals surface area contributed by atoms with E-state index in [9.17, 15) is 0 Å². The zero-order valence-corrected chi connectivity index (χ0v) is 11.5. The van der Waals surface area contributed by atoms with E-state index in [1.54, 1.807) is 0 Å². The molecule has 0 amide bonds. The third-order valence-electron chi connectivity index (χ3n) is 2.96. The van der Waals surface area contributed by atoms with Gasteiger partial charge in [-0.05, 0) is 30.0 Å². The molecule has 3 nitrogen and oxygen atoms in total. The Morgan fingerprint density at radius 1 is 1.35 bits per heavy atom. The Hall–Kier alpha value is -1.09. The smallest absolute Gasteiger partial charge is 0.128 e. The molecule has 1 rings (SSSR count). The summed E-state index contributed by atoms with van der Waals surface area (Å²) in [7, 11) is 2.10. The molecule has 2 N–H and O–H groups in total. The summed E-state index contributed by atoms with van der Waals surface area (Å²) in [5, 5.41) is 0. The quantitative estimate of drug-likeness (QED) is 0.824. The van der Waals surface area contributed by atoms with Crippen molar-refractivity contribution in [2.75, 3.05) is 18.5 Å². The van der Waals surface area contributed by atoms with Gasteiger partial charge in [0.05, 0.1) is 0 Å². The van der Waals surface area contributed by atoms with Crippen molar-refractivity contribution in [2.24, 2.45) is 5.73 Å². The second-order valence-corrected chi connectivity index (χ2v) is 4.89. The highest BCUT2D eigenvalue weighted by Crippen LogP contribution is 2.19. The number of aromatic nitrogens is 1. The van der Waals surface area contributed by atoms with Crippen molar-refractivity contribution in [3.8, 4) is 0 Å². The Morgan fingerprint density at radius 2 is 2.06 bits per heavy atom. The van der Waals surface area contributed by atoms with Gasteiger partial charge < -0.3 is 10.6 Å². The lowest BCUT2D eigenvalue weighted by Crippen LogP contribution is -2.20. The molecule has 0 aliphatic rings. The first-order valence-corrected chi connectivity index (χ1v) is 6.50. The molecule has 0 aliphatic carbocycles. The maximum Gasteiger partial charge on any atom is 0.128 e. The van der Waals surface area contributed by atoms with Gasteiger partial charge in [-0.2, -0.15) is 0 Å². The third-order valence-corrected chi connectivity index (χ3v) is 2.96. The highest BCUT2D eigenvalue weighted by Gasteiger charge is 2.08. The summed E-state index contributed by atoms with van der Waals surface area (Å²) in [5.74, 6) is 1.49. The molecule has 0 saturated heterocycles. The van der Waals surface area contributed by atoms with Crippen LogP contribution in [-0.4, -0.2) is 18.6 Å². The summed E-state index contributed by atoms with van der Waals surface area (Å²) in [6.45, 7) is 8.17. The average molecular weight is 235 g/mol. The molecule has 0 aromatic carbocycles. The van der Waals surface area contributed by atoms with Crippen molar-refractivity contribution in [1.29, 1.82) is 0 Å². The molecule has 0 unspecified atom stereocenters. The van der Waals surface area contributed by atoms with Crippen molar-refractivity contribution in [3.05, 3.63) is 23.4 Å². The molecule has 0 spiro atoms. The topological polar surface area (TPSA) is 42.1 Å². The minimum atomic E-state index is 0.444. The van der Waals surface area contributed by atoms with Crippen LogP contribution in [-0.2, 0) is 6.54 Å². The molecule has 0 fully saturated rings. The lowest BCUT2D eigenvalue weighted by Gasteiger charge is -2.20. The third kappa shape index (κ3) is 4.00. The van der Waals surface area contributed by atoms with Gasteiger partial charge in [0.1, 0.15) is 5.82 Å². The Kier molecular flexibility index (Phi) is 5.42.